The van der Waals surface area contributed by atoms with Crippen LogP contribution in [-0.2, 0) is 16.4 Å². The Morgan fingerprint density at radius 3 is 1.30 bits per heavy atom. The molecule has 0 saturated heterocycles. The Balaban J connectivity index is 3.82. The lowest BCUT2D eigenvalue weighted by molar-refractivity contribution is 0.226. The maximum absolute atomic E-state index is 10.9. The van der Waals surface area contributed by atoms with Crippen molar-refractivity contribution < 1.29 is 5.11 Å². The third-order valence-corrected chi connectivity index (χ3v) is 5.14. The predicted octanol–water partition coefficient (Wildman–Crippen LogP) is 5.45. The molecule has 0 saturated carbocycles. The van der Waals surface area contributed by atoms with E-state index in [0.717, 1.165) is 16.7 Å². The SMILES string of the molecule is CC(C)C(N)(c1cc(C(C)(C)C)c(O)c(C(C)(C)C)c1)C(C)C. The number of hydrogen-bond acceptors (Lipinski definition) is 2. The molecule has 0 spiro atoms. The fraction of sp³-hybridized carbons (Fsp3) is 0.714. The van der Waals surface area contributed by atoms with Crippen molar-refractivity contribution in [2.75, 3.05) is 0 Å². The number of benzene rings is 1. The van der Waals surface area contributed by atoms with Gasteiger partial charge < -0.3 is 10.8 Å². The predicted molar refractivity (Wildman–Crippen MR) is 101 cm³/mol. The molecule has 0 radical (unpaired) electrons. The molecule has 0 atom stereocenters. The lowest BCUT2D eigenvalue weighted by Gasteiger charge is -2.40. The summed E-state index contributed by atoms with van der Waals surface area (Å²) in [5, 5.41) is 10.9. The second kappa shape index (κ2) is 6.12. The van der Waals surface area contributed by atoms with Crippen molar-refractivity contribution in [2.45, 2.75) is 85.6 Å². The van der Waals surface area contributed by atoms with Gasteiger partial charge in [-0.2, -0.15) is 0 Å². The molecule has 1 aromatic carbocycles. The first-order chi connectivity index (χ1) is 10.1. The average Bonchev–Trinajstić information content (AvgIpc) is 2.34. The van der Waals surface area contributed by atoms with E-state index in [1.807, 2.05) is 0 Å². The van der Waals surface area contributed by atoms with E-state index in [4.69, 9.17) is 5.73 Å². The van der Waals surface area contributed by atoms with Gasteiger partial charge in [-0.05, 0) is 51.5 Å². The van der Waals surface area contributed by atoms with Crippen molar-refractivity contribution >= 4 is 0 Å². The van der Waals surface area contributed by atoms with Crippen LogP contribution in [0.25, 0.3) is 0 Å². The third kappa shape index (κ3) is 3.74. The summed E-state index contributed by atoms with van der Waals surface area (Å²) < 4.78 is 0. The monoisotopic (exact) mass is 319 g/mol. The lowest BCUT2D eigenvalue weighted by atomic mass is 9.69. The first-order valence-electron chi connectivity index (χ1n) is 8.80. The minimum absolute atomic E-state index is 0.130. The molecular weight excluding hydrogens is 282 g/mol. The zero-order chi connectivity index (χ0) is 18.4. The van der Waals surface area contributed by atoms with Gasteiger partial charge in [-0.25, -0.2) is 0 Å². The highest BCUT2D eigenvalue weighted by atomic mass is 16.3. The van der Waals surface area contributed by atoms with Gasteiger partial charge in [0, 0.05) is 5.54 Å². The van der Waals surface area contributed by atoms with E-state index in [1.165, 1.54) is 0 Å². The van der Waals surface area contributed by atoms with Crippen LogP contribution in [0.3, 0.4) is 0 Å². The number of nitrogens with two attached hydrogens (primary N) is 1. The zero-order valence-corrected chi connectivity index (χ0v) is 16.8. The zero-order valence-electron chi connectivity index (χ0n) is 16.8. The first kappa shape index (κ1) is 20.0. The second-order valence-electron chi connectivity index (χ2n) is 9.66. The largest absolute Gasteiger partial charge is 0.507 e. The standard InChI is InChI=1S/C21H37NO/c1-13(2)21(22,14(3)4)15-11-16(19(5,6)7)18(23)17(12-15)20(8,9)10/h11-14,23H,22H2,1-10H3. The fourth-order valence-corrected chi connectivity index (χ4v) is 3.36. The van der Waals surface area contributed by atoms with Crippen LogP contribution in [-0.4, -0.2) is 5.11 Å². The van der Waals surface area contributed by atoms with Gasteiger partial charge in [0.15, 0.2) is 0 Å². The number of rotatable bonds is 3. The number of aromatic hydroxyl groups is 1. The Hall–Kier alpha value is -1.02. The lowest BCUT2D eigenvalue weighted by Crippen LogP contribution is -2.47. The van der Waals surface area contributed by atoms with Gasteiger partial charge in [-0.15, -0.1) is 0 Å². The molecule has 0 bridgehead atoms. The van der Waals surface area contributed by atoms with Crippen molar-refractivity contribution in [2.24, 2.45) is 17.6 Å². The minimum atomic E-state index is -0.409. The van der Waals surface area contributed by atoms with Crippen LogP contribution in [0.1, 0.15) is 85.9 Å². The van der Waals surface area contributed by atoms with E-state index in [0.29, 0.717) is 17.6 Å². The van der Waals surface area contributed by atoms with Crippen LogP contribution in [0.5, 0.6) is 5.75 Å². The van der Waals surface area contributed by atoms with E-state index >= 15 is 0 Å². The van der Waals surface area contributed by atoms with Crippen molar-refractivity contribution in [3.05, 3.63) is 28.8 Å². The number of hydrogen-bond donors (Lipinski definition) is 2. The summed E-state index contributed by atoms with van der Waals surface area (Å²) in [6.07, 6.45) is 0. The minimum Gasteiger partial charge on any atom is -0.507 e. The molecule has 0 aliphatic rings. The van der Waals surface area contributed by atoms with Crippen LogP contribution in [0.4, 0.5) is 0 Å². The molecule has 2 nitrogen and oxygen atoms in total. The van der Waals surface area contributed by atoms with Gasteiger partial charge in [-0.3, -0.25) is 0 Å². The molecule has 132 valence electrons. The second-order valence-corrected chi connectivity index (χ2v) is 9.66. The van der Waals surface area contributed by atoms with E-state index < -0.39 is 5.54 Å². The Bertz CT molecular complexity index is 513. The maximum Gasteiger partial charge on any atom is 0.123 e. The number of phenolic OH excluding ortho intramolecular Hbond substituents is 1. The summed E-state index contributed by atoms with van der Waals surface area (Å²) in [6.45, 7) is 21.6. The van der Waals surface area contributed by atoms with Crippen LogP contribution in [0, 0.1) is 11.8 Å². The van der Waals surface area contributed by atoms with Crippen molar-refractivity contribution in [3.63, 3.8) is 0 Å². The Kier molecular flexibility index (Phi) is 5.33. The van der Waals surface area contributed by atoms with E-state index in [1.54, 1.807) is 0 Å². The van der Waals surface area contributed by atoms with Crippen LogP contribution >= 0.6 is 0 Å². The molecule has 23 heavy (non-hydrogen) atoms. The van der Waals surface area contributed by atoms with Crippen molar-refractivity contribution in [3.8, 4) is 5.75 Å². The molecule has 1 aromatic rings. The molecule has 0 unspecified atom stereocenters. The summed E-state index contributed by atoms with van der Waals surface area (Å²) >= 11 is 0. The topological polar surface area (TPSA) is 46.2 Å². The average molecular weight is 320 g/mol. The van der Waals surface area contributed by atoms with Crippen molar-refractivity contribution in [1.29, 1.82) is 0 Å². The molecule has 0 fully saturated rings. The van der Waals surface area contributed by atoms with Gasteiger partial charge in [0.25, 0.3) is 0 Å². The highest BCUT2D eigenvalue weighted by Gasteiger charge is 2.37. The van der Waals surface area contributed by atoms with E-state index in [9.17, 15) is 5.11 Å². The van der Waals surface area contributed by atoms with E-state index in [-0.39, 0.29) is 10.8 Å². The van der Waals surface area contributed by atoms with Gasteiger partial charge in [-0.1, -0.05) is 69.2 Å². The summed E-state index contributed by atoms with van der Waals surface area (Å²) in [4.78, 5) is 0. The molecular formula is C21H37NO. The van der Waals surface area contributed by atoms with Gasteiger partial charge >= 0.3 is 0 Å². The van der Waals surface area contributed by atoms with E-state index in [2.05, 4.69) is 81.4 Å². The summed E-state index contributed by atoms with van der Waals surface area (Å²) in [5.41, 5.74) is 9.33. The molecule has 0 aliphatic carbocycles. The van der Waals surface area contributed by atoms with Gasteiger partial charge in [0.2, 0.25) is 0 Å². The molecule has 0 aliphatic heterocycles. The van der Waals surface area contributed by atoms with Crippen LogP contribution in [0.2, 0.25) is 0 Å². The highest BCUT2D eigenvalue weighted by molar-refractivity contribution is 5.51. The van der Waals surface area contributed by atoms with Crippen molar-refractivity contribution in [1.82, 2.24) is 0 Å². The summed E-state index contributed by atoms with van der Waals surface area (Å²) in [7, 11) is 0. The molecule has 0 aromatic heterocycles. The summed E-state index contributed by atoms with van der Waals surface area (Å²) in [6, 6.07) is 4.26. The highest BCUT2D eigenvalue weighted by Crippen LogP contribution is 2.44. The number of phenols is 1. The fourth-order valence-electron chi connectivity index (χ4n) is 3.36. The Morgan fingerprint density at radius 2 is 1.09 bits per heavy atom. The van der Waals surface area contributed by atoms with Gasteiger partial charge in [0.05, 0.1) is 0 Å². The molecule has 0 amide bonds. The Labute approximate surface area is 143 Å². The molecule has 2 heteroatoms. The Morgan fingerprint density at radius 1 is 0.783 bits per heavy atom. The molecule has 3 N–H and O–H groups in total. The van der Waals surface area contributed by atoms with Crippen LogP contribution in [0.15, 0.2) is 12.1 Å². The smallest absolute Gasteiger partial charge is 0.123 e. The van der Waals surface area contributed by atoms with Crippen LogP contribution < -0.4 is 5.73 Å². The first-order valence-corrected chi connectivity index (χ1v) is 8.80. The molecule has 0 heterocycles. The summed E-state index contributed by atoms with van der Waals surface area (Å²) in [5.74, 6) is 1.05. The molecule has 1 rings (SSSR count). The quantitative estimate of drug-likeness (QED) is 0.777. The van der Waals surface area contributed by atoms with Gasteiger partial charge in [0.1, 0.15) is 5.75 Å². The normalized spacial score (nSPS) is 14.0. The maximum atomic E-state index is 10.9. The third-order valence-electron chi connectivity index (χ3n) is 5.14.